The maximum Gasteiger partial charge on any atom is 0.247 e. The van der Waals surface area contributed by atoms with Crippen LogP contribution in [0.3, 0.4) is 0 Å². The van der Waals surface area contributed by atoms with E-state index < -0.39 is 6.10 Å². The third kappa shape index (κ3) is 5.57. The Bertz CT molecular complexity index is 440. The van der Waals surface area contributed by atoms with Gasteiger partial charge in [-0.1, -0.05) is 50.8 Å². The molecule has 0 radical (unpaired) electrons. The lowest BCUT2D eigenvalue weighted by Crippen LogP contribution is -2.29. The zero-order valence-electron chi connectivity index (χ0n) is 12.6. The van der Waals surface area contributed by atoms with Crippen molar-refractivity contribution in [1.29, 1.82) is 0 Å². The lowest BCUT2D eigenvalue weighted by atomic mass is 9.99. The molecule has 0 fully saturated rings. The fourth-order valence-electron chi connectivity index (χ4n) is 2.13. The highest BCUT2D eigenvalue weighted by Crippen LogP contribution is 2.15. The average molecular weight is 275 g/mol. The first kappa shape index (κ1) is 16.4. The van der Waals surface area contributed by atoms with Gasteiger partial charge in [0, 0.05) is 12.0 Å². The minimum atomic E-state index is -0.500. The van der Waals surface area contributed by atoms with Gasteiger partial charge in [0.05, 0.1) is 12.1 Å². The van der Waals surface area contributed by atoms with Crippen LogP contribution in [-0.2, 0) is 4.79 Å². The zero-order valence-corrected chi connectivity index (χ0v) is 12.6. The Labute approximate surface area is 121 Å². The summed E-state index contributed by atoms with van der Waals surface area (Å²) < 4.78 is 0. The molecule has 2 atom stereocenters. The Balaban J connectivity index is 2.48. The predicted molar refractivity (Wildman–Crippen MR) is 82.2 cm³/mol. The van der Waals surface area contributed by atoms with E-state index in [4.69, 9.17) is 0 Å². The van der Waals surface area contributed by atoms with Crippen LogP contribution in [0.1, 0.15) is 45.2 Å². The second-order valence-corrected chi connectivity index (χ2v) is 5.70. The van der Waals surface area contributed by atoms with Crippen LogP contribution < -0.4 is 5.32 Å². The van der Waals surface area contributed by atoms with Gasteiger partial charge in [-0.25, -0.2) is 0 Å². The van der Waals surface area contributed by atoms with E-state index in [-0.39, 0.29) is 11.9 Å². The molecule has 1 rings (SSSR count). The smallest absolute Gasteiger partial charge is 0.247 e. The van der Waals surface area contributed by atoms with Crippen molar-refractivity contribution in [3.05, 3.63) is 48.0 Å². The summed E-state index contributed by atoms with van der Waals surface area (Å²) in [6.45, 7) is 9.80. The Morgan fingerprint density at radius 2 is 1.85 bits per heavy atom. The van der Waals surface area contributed by atoms with E-state index in [0.29, 0.717) is 24.3 Å². The van der Waals surface area contributed by atoms with Gasteiger partial charge in [-0.15, -0.1) is 0 Å². The van der Waals surface area contributed by atoms with Crippen molar-refractivity contribution in [2.24, 2.45) is 5.92 Å². The first-order chi connectivity index (χ1) is 9.40. The van der Waals surface area contributed by atoms with Crippen LogP contribution in [0.2, 0.25) is 0 Å². The first-order valence-corrected chi connectivity index (χ1v) is 7.11. The highest BCUT2D eigenvalue weighted by atomic mass is 16.3. The summed E-state index contributed by atoms with van der Waals surface area (Å²) in [5.41, 5.74) is 1.48. The van der Waals surface area contributed by atoms with Crippen molar-refractivity contribution in [1.82, 2.24) is 5.32 Å². The van der Waals surface area contributed by atoms with Gasteiger partial charge in [0.25, 0.3) is 0 Å². The molecule has 0 saturated heterocycles. The van der Waals surface area contributed by atoms with Crippen molar-refractivity contribution >= 4 is 5.91 Å². The SMILES string of the molecule is C=C(CC(O)CC(C)C)C(=O)NC(C)c1ccccc1. The summed E-state index contributed by atoms with van der Waals surface area (Å²) in [5.74, 6) is 0.216. The number of rotatable bonds is 7. The molecule has 2 unspecified atom stereocenters. The van der Waals surface area contributed by atoms with Gasteiger partial charge in [0.2, 0.25) is 5.91 Å². The van der Waals surface area contributed by atoms with Crippen molar-refractivity contribution < 1.29 is 9.90 Å². The second kappa shape index (κ2) is 7.85. The second-order valence-electron chi connectivity index (χ2n) is 5.70. The molecular formula is C17H25NO2. The van der Waals surface area contributed by atoms with Crippen molar-refractivity contribution in [2.45, 2.75) is 45.8 Å². The Hall–Kier alpha value is -1.61. The molecule has 1 aromatic rings. The Morgan fingerprint density at radius 1 is 1.25 bits per heavy atom. The lowest BCUT2D eigenvalue weighted by molar-refractivity contribution is -0.118. The van der Waals surface area contributed by atoms with E-state index in [1.165, 1.54) is 0 Å². The molecule has 2 N–H and O–H groups in total. The molecule has 0 bridgehead atoms. The van der Waals surface area contributed by atoms with E-state index in [0.717, 1.165) is 5.56 Å². The van der Waals surface area contributed by atoms with E-state index in [9.17, 15) is 9.90 Å². The summed E-state index contributed by atoms with van der Waals surface area (Å²) in [5, 5.41) is 12.8. The molecule has 3 nitrogen and oxygen atoms in total. The maximum atomic E-state index is 12.0. The van der Waals surface area contributed by atoms with Crippen LogP contribution in [0.5, 0.6) is 0 Å². The maximum absolute atomic E-state index is 12.0. The first-order valence-electron chi connectivity index (χ1n) is 7.11. The average Bonchev–Trinajstić information content (AvgIpc) is 2.38. The van der Waals surface area contributed by atoms with Crippen molar-refractivity contribution in [3.8, 4) is 0 Å². The number of nitrogens with one attached hydrogen (secondary N) is 1. The predicted octanol–water partition coefficient (Wildman–Crippen LogP) is 3.22. The molecule has 0 heterocycles. The number of amides is 1. The minimum Gasteiger partial charge on any atom is -0.393 e. The molecule has 110 valence electrons. The third-order valence-electron chi connectivity index (χ3n) is 3.19. The van der Waals surface area contributed by atoms with Crippen molar-refractivity contribution in [2.75, 3.05) is 0 Å². The van der Waals surface area contributed by atoms with Gasteiger partial charge in [-0.3, -0.25) is 4.79 Å². The minimum absolute atomic E-state index is 0.0670. The molecule has 0 aliphatic heterocycles. The fraction of sp³-hybridized carbons (Fsp3) is 0.471. The van der Waals surface area contributed by atoms with Gasteiger partial charge in [0.15, 0.2) is 0 Å². The standard InChI is InChI=1S/C17H25NO2/c1-12(2)10-16(19)11-13(3)17(20)18-14(4)15-8-6-5-7-9-15/h5-9,12,14,16,19H,3,10-11H2,1-2,4H3,(H,18,20). The van der Waals surface area contributed by atoms with Crippen molar-refractivity contribution in [3.63, 3.8) is 0 Å². The topological polar surface area (TPSA) is 49.3 Å². The fourth-order valence-corrected chi connectivity index (χ4v) is 2.13. The van der Waals surface area contributed by atoms with Crippen LogP contribution >= 0.6 is 0 Å². The molecule has 1 amide bonds. The number of carbonyl (C=O) groups is 1. The molecule has 1 aromatic carbocycles. The number of hydrogen-bond donors (Lipinski definition) is 2. The molecule has 20 heavy (non-hydrogen) atoms. The van der Waals surface area contributed by atoms with Crippen LogP contribution in [0.4, 0.5) is 0 Å². The van der Waals surface area contributed by atoms with Gasteiger partial charge in [0.1, 0.15) is 0 Å². The molecule has 0 aromatic heterocycles. The lowest BCUT2D eigenvalue weighted by Gasteiger charge is -2.17. The Morgan fingerprint density at radius 3 is 2.40 bits per heavy atom. The Kier molecular flexibility index (Phi) is 6.46. The molecule has 0 aliphatic carbocycles. The van der Waals surface area contributed by atoms with Crippen LogP contribution in [0.15, 0.2) is 42.5 Å². The number of hydrogen-bond acceptors (Lipinski definition) is 2. The number of aliphatic hydroxyl groups is 1. The normalized spacial score (nSPS) is 13.8. The van der Waals surface area contributed by atoms with Crippen LogP contribution in [0, 0.1) is 5.92 Å². The molecule has 3 heteroatoms. The van der Waals surface area contributed by atoms with Gasteiger partial charge in [-0.05, 0) is 24.8 Å². The quantitative estimate of drug-likeness (QED) is 0.751. The zero-order chi connectivity index (χ0) is 15.1. The number of aliphatic hydroxyl groups excluding tert-OH is 1. The number of carbonyl (C=O) groups excluding carboxylic acids is 1. The number of benzene rings is 1. The molecule has 0 spiro atoms. The summed E-state index contributed by atoms with van der Waals surface area (Å²) in [6.07, 6.45) is 0.506. The highest BCUT2D eigenvalue weighted by Gasteiger charge is 2.16. The van der Waals surface area contributed by atoms with E-state index in [1.807, 2.05) is 51.1 Å². The molecule has 0 saturated carbocycles. The largest absolute Gasteiger partial charge is 0.393 e. The molecule has 0 aliphatic rings. The van der Waals surface area contributed by atoms with Gasteiger partial charge >= 0.3 is 0 Å². The summed E-state index contributed by atoms with van der Waals surface area (Å²) in [7, 11) is 0. The monoisotopic (exact) mass is 275 g/mol. The van der Waals surface area contributed by atoms with E-state index in [1.54, 1.807) is 0 Å². The highest BCUT2D eigenvalue weighted by molar-refractivity contribution is 5.93. The molecular weight excluding hydrogens is 250 g/mol. The van der Waals surface area contributed by atoms with E-state index >= 15 is 0 Å². The van der Waals surface area contributed by atoms with E-state index in [2.05, 4.69) is 11.9 Å². The third-order valence-corrected chi connectivity index (χ3v) is 3.19. The van der Waals surface area contributed by atoms with Gasteiger partial charge in [-0.2, -0.15) is 0 Å². The summed E-state index contributed by atoms with van der Waals surface area (Å²) >= 11 is 0. The summed E-state index contributed by atoms with van der Waals surface area (Å²) in [4.78, 5) is 12.0. The summed E-state index contributed by atoms with van der Waals surface area (Å²) in [6, 6.07) is 9.71. The van der Waals surface area contributed by atoms with Crippen LogP contribution in [0.25, 0.3) is 0 Å². The van der Waals surface area contributed by atoms with Crippen LogP contribution in [-0.4, -0.2) is 17.1 Å². The van der Waals surface area contributed by atoms with Gasteiger partial charge < -0.3 is 10.4 Å².